The van der Waals surface area contributed by atoms with E-state index in [9.17, 15) is 32.3 Å². The number of ether oxygens (including phenoxy) is 4. The largest absolute Gasteiger partial charge is 0.471 e. The Bertz CT molecular complexity index is 1300. The predicted octanol–water partition coefficient (Wildman–Crippen LogP) is 3.99. The van der Waals surface area contributed by atoms with Gasteiger partial charge in [0.15, 0.2) is 6.29 Å². The van der Waals surface area contributed by atoms with E-state index in [0.29, 0.717) is 5.06 Å². The molecule has 2 aliphatic heterocycles. The van der Waals surface area contributed by atoms with Gasteiger partial charge in [0, 0.05) is 31.8 Å². The second-order valence-electron chi connectivity index (χ2n) is 11.0. The quantitative estimate of drug-likeness (QED) is 0.225. The highest BCUT2D eigenvalue weighted by atomic mass is 19.4. The van der Waals surface area contributed by atoms with Crippen molar-refractivity contribution in [2.75, 3.05) is 13.2 Å². The first-order valence-corrected chi connectivity index (χ1v) is 15.0. The van der Waals surface area contributed by atoms with Crippen LogP contribution in [0.5, 0.6) is 0 Å². The van der Waals surface area contributed by atoms with E-state index in [4.69, 9.17) is 23.8 Å². The van der Waals surface area contributed by atoms with E-state index in [2.05, 4.69) is 0 Å². The van der Waals surface area contributed by atoms with Crippen molar-refractivity contribution in [2.45, 2.75) is 83.0 Å². The normalized spacial score (nSPS) is 23.4. The van der Waals surface area contributed by atoms with Gasteiger partial charge in [-0.3, -0.25) is 14.4 Å². The summed E-state index contributed by atoms with van der Waals surface area (Å²) in [5.74, 6) is -4.81. The fraction of sp³-hybridized carbons (Fsp3) is 0.500. The zero-order valence-corrected chi connectivity index (χ0v) is 25.3. The van der Waals surface area contributed by atoms with Gasteiger partial charge in [-0.25, -0.2) is 4.79 Å². The Labute approximate surface area is 264 Å². The lowest BCUT2D eigenvalue weighted by molar-refractivity contribution is -0.271. The number of amides is 3. The Kier molecular flexibility index (Phi) is 12.7. The predicted molar refractivity (Wildman–Crippen MR) is 154 cm³/mol. The molecule has 11 nitrogen and oxygen atoms in total. The van der Waals surface area contributed by atoms with Gasteiger partial charge in [-0.2, -0.15) is 13.2 Å². The second-order valence-corrected chi connectivity index (χ2v) is 11.0. The molecule has 14 heteroatoms. The molecule has 2 aliphatic rings. The monoisotopic (exact) mass is 650 g/mol. The number of imide groups is 1. The summed E-state index contributed by atoms with van der Waals surface area (Å²) in [6.07, 6.45) is -7.69. The number of hydroxylamine groups is 2. The van der Waals surface area contributed by atoms with Gasteiger partial charge in [-0.15, -0.1) is 5.06 Å². The summed E-state index contributed by atoms with van der Waals surface area (Å²) in [7, 11) is 0. The van der Waals surface area contributed by atoms with Crippen LogP contribution >= 0.6 is 0 Å². The van der Waals surface area contributed by atoms with E-state index >= 15 is 0 Å². The molecule has 250 valence electrons. The average molecular weight is 651 g/mol. The Morgan fingerprint density at radius 2 is 1.52 bits per heavy atom. The molecule has 0 radical (unpaired) electrons. The average Bonchev–Trinajstić information content (AvgIpc) is 3.34. The molecule has 0 saturated carbocycles. The van der Waals surface area contributed by atoms with Gasteiger partial charge in [-0.05, 0) is 24.0 Å². The summed E-state index contributed by atoms with van der Waals surface area (Å²) in [6, 6.07) is 17.4. The smallest absolute Gasteiger partial charge is 0.374 e. The van der Waals surface area contributed by atoms with E-state index in [1.807, 2.05) is 66.0 Å². The molecule has 3 amide bonds. The third-order valence-corrected chi connectivity index (χ3v) is 7.54. The molecule has 2 unspecified atom stereocenters. The minimum atomic E-state index is -5.14. The second kappa shape index (κ2) is 16.6. The summed E-state index contributed by atoms with van der Waals surface area (Å²) < 4.78 is 64.0. The lowest BCUT2D eigenvalue weighted by atomic mass is 9.88. The highest BCUT2D eigenvalue weighted by molar-refractivity contribution is 6.01. The van der Waals surface area contributed by atoms with Gasteiger partial charge in [0.2, 0.25) is 0 Å². The minimum absolute atomic E-state index is 0.0255. The molecule has 46 heavy (non-hydrogen) atoms. The Hall–Kier alpha value is -3.85. The summed E-state index contributed by atoms with van der Waals surface area (Å²) in [5, 5.41) is 2.48. The van der Waals surface area contributed by atoms with E-state index < -0.39 is 60.3 Å². The molecule has 2 aromatic rings. The topological polar surface area (TPSA) is 130 Å². The Morgan fingerprint density at radius 1 is 0.913 bits per heavy atom. The summed E-state index contributed by atoms with van der Waals surface area (Å²) in [6.45, 7) is 2.03. The molecular weight excluding hydrogens is 613 g/mol. The minimum Gasteiger partial charge on any atom is -0.374 e. The number of halogens is 3. The van der Waals surface area contributed by atoms with Crippen LogP contribution in [0.25, 0.3) is 0 Å². The van der Waals surface area contributed by atoms with E-state index in [-0.39, 0.29) is 58.5 Å². The number of benzene rings is 2. The Morgan fingerprint density at radius 3 is 2.13 bits per heavy atom. The zero-order valence-electron chi connectivity index (χ0n) is 25.3. The molecule has 2 aromatic carbocycles. The van der Waals surface area contributed by atoms with Crippen LogP contribution in [0.3, 0.4) is 0 Å². The Balaban J connectivity index is 1.40. The van der Waals surface area contributed by atoms with Crippen molar-refractivity contribution < 1.29 is 56.1 Å². The van der Waals surface area contributed by atoms with Crippen LogP contribution in [0.4, 0.5) is 13.2 Å². The van der Waals surface area contributed by atoms with Crippen LogP contribution in [-0.2, 0) is 56.2 Å². The SMILES string of the molecule is C[C@@H]1C(NC(=O)C(F)(F)F)[C@H](OCCCCC(=O)ON2C(=O)CCC2=O)OC(COCc2ccccc2)[C@@H]1OCc1ccccc1. The van der Waals surface area contributed by atoms with Gasteiger partial charge in [0.05, 0.1) is 32.0 Å². The van der Waals surface area contributed by atoms with Gasteiger partial charge >= 0.3 is 18.1 Å². The van der Waals surface area contributed by atoms with Gasteiger partial charge in [-0.1, -0.05) is 67.6 Å². The first-order chi connectivity index (χ1) is 22.0. The van der Waals surface area contributed by atoms with Crippen molar-refractivity contribution in [1.82, 2.24) is 10.4 Å². The van der Waals surface area contributed by atoms with Crippen molar-refractivity contribution in [3.63, 3.8) is 0 Å². The molecule has 0 spiro atoms. The molecule has 2 fully saturated rings. The lowest BCUT2D eigenvalue weighted by Gasteiger charge is -2.45. The van der Waals surface area contributed by atoms with E-state index in [0.717, 1.165) is 11.1 Å². The number of carbonyl (C=O) groups excluding carboxylic acids is 4. The molecule has 1 N–H and O–H groups in total. The molecule has 0 aliphatic carbocycles. The van der Waals surface area contributed by atoms with Crippen LogP contribution < -0.4 is 5.32 Å². The molecule has 2 saturated heterocycles. The summed E-state index contributed by atoms with van der Waals surface area (Å²) in [4.78, 5) is 52.3. The van der Waals surface area contributed by atoms with Gasteiger partial charge in [0.1, 0.15) is 6.10 Å². The van der Waals surface area contributed by atoms with E-state index in [1.165, 1.54) is 0 Å². The van der Waals surface area contributed by atoms with E-state index in [1.54, 1.807) is 6.92 Å². The van der Waals surface area contributed by atoms with Crippen LogP contribution in [0.15, 0.2) is 60.7 Å². The summed E-state index contributed by atoms with van der Waals surface area (Å²) >= 11 is 0. The molecular formula is C32H37F3N2O9. The number of nitrogens with zero attached hydrogens (tertiary/aromatic N) is 1. The fourth-order valence-electron chi connectivity index (χ4n) is 5.10. The molecule has 5 atom stereocenters. The van der Waals surface area contributed by atoms with Gasteiger partial charge < -0.3 is 29.1 Å². The maximum atomic E-state index is 13.3. The van der Waals surface area contributed by atoms with Crippen LogP contribution in [0.1, 0.15) is 50.2 Å². The number of unbranched alkanes of at least 4 members (excludes halogenated alkanes) is 1. The lowest BCUT2D eigenvalue weighted by Crippen LogP contribution is -2.63. The summed E-state index contributed by atoms with van der Waals surface area (Å²) in [5.41, 5.74) is 1.75. The maximum Gasteiger partial charge on any atom is 0.471 e. The first-order valence-electron chi connectivity index (χ1n) is 15.0. The standard InChI is InChI=1S/C32H37F3N2O9/c1-21-28(36-31(41)32(33,34)35)30(43-17-9-8-14-27(40)46-37-25(38)15-16-26(37)39)45-24(20-42-18-22-10-4-2-5-11-22)29(21)44-19-23-12-6-3-7-13-23/h2-7,10-13,21,24,28-30H,8-9,14-20H2,1H3,(H,36,41)/t21-,24?,28?,29-,30-/m1/s1. The number of nitrogens with one attached hydrogen (secondary N) is 1. The third kappa shape index (κ3) is 10.1. The van der Waals surface area contributed by atoms with Crippen LogP contribution in [0.2, 0.25) is 0 Å². The number of rotatable bonds is 15. The number of alkyl halides is 3. The van der Waals surface area contributed by atoms with Crippen molar-refractivity contribution in [3.8, 4) is 0 Å². The molecule has 2 heterocycles. The maximum absolute atomic E-state index is 13.3. The number of hydrogen-bond donors (Lipinski definition) is 1. The molecule has 0 aromatic heterocycles. The van der Waals surface area contributed by atoms with Crippen molar-refractivity contribution in [1.29, 1.82) is 0 Å². The molecule has 4 rings (SSSR count). The van der Waals surface area contributed by atoms with Gasteiger partial charge in [0.25, 0.3) is 11.8 Å². The van der Waals surface area contributed by atoms with Crippen LogP contribution in [-0.4, -0.2) is 72.7 Å². The van der Waals surface area contributed by atoms with Crippen LogP contribution in [0, 0.1) is 5.92 Å². The van der Waals surface area contributed by atoms with Crippen molar-refractivity contribution >= 4 is 23.7 Å². The third-order valence-electron chi connectivity index (χ3n) is 7.54. The number of hydrogen-bond acceptors (Lipinski definition) is 9. The van der Waals surface area contributed by atoms with Crippen molar-refractivity contribution in [2.24, 2.45) is 5.92 Å². The first kappa shape index (κ1) is 35.0. The highest BCUT2D eigenvalue weighted by Crippen LogP contribution is 2.31. The zero-order chi connectivity index (χ0) is 33.1. The number of carbonyl (C=O) groups is 4. The molecule has 0 bridgehead atoms. The van der Waals surface area contributed by atoms with Crippen molar-refractivity contribution in [3.05, 3.63) is 71.8 Å². The highest BCUT2D eigenvalue weighted by Gasteiger charge is 2.49. The fourth-order valence-corrected chi connectivity index (χ4v) is 5.10.